The van der Waals surface area contributed by atoms with E-state index in [1.54, 1.807) is 0 Å². The highest BCUT2D eigenvalue weighted by Gasteiger charge is 2.16. The number of aromatic nitrogens is 3. The van der Waals surface area contributed by atoms with Crippen molar-refractivity contribution in [3.63, 3.8) is 0 Å². The van der Waals surface area contributed by atoms with E-state index in [1.807, 2.05) is 13.8 Å². The zero-order valence-electron chi connectivity index (χ0n) is 14.1. The predicted molar refractivity (Wildman–Crippen MR) is 87.8 cm³/mol. The molecule has 0 aliphatic heterocycles. The van der Waals surface area contributed by atoms with E-state index in [9.17, 15) is 13.6 Å². The van der Waals surface area contributed by atoms with Gasteiger partial charge >= 0.3 is 0 Å². The average Bonchev–Trinajstić information content (AvgIpc) is 2.53. The summed E-state index contributed by atoms with van der Waals surface area (Å²) in [6.45, 7) is 4.59. The highest BCUT2D eigenvalue weighted by molar-refractivity contribution is 5.95. The summed E-state index contributed by atoms with van der Waals surface area (Å²) < 4.78 is 31.4. The zero-order valence-corrected chi connectivity index (χ0v) is 14.1. The highest BCUT2D eigenvalue weighted by atomic mass is 19.1. The third kappa shape index (κ3) is 5.33. The lowest BCUT2D eigenvalue weighted by Gasteiger charge is -2.11. The van der Waals surface area contributed by atoms with E-state index < -0.39 is 17.8 Å². The molecule has 0 fully saturated rings. The standard InChI is InChI=1S/C16H19F2N5O2/c1-9(2)4-5-19-15(24)14-11(25-3)8-20-16(23-14)21-10-6-12(17)22-13(18)7-10/h6-9H,4-5H2,1-3H3,(H,19,24)(H,20,21,22,23). The maximum absolute atomic E-state index is 13.1. The quantitative estimate of drug-likeness (QED) is 0.746. The largest absolute Gasteiger partial charge is 0.493 e. The SMILES string of the molecule is COc1cnc(Nc2cc(F)nc(F)c2)nc1C(=O)NCCC(C)C. The second kappa shape index (κ2) is 8.32. The van der Waals surface area contributed by atoms with Gasteiger partial charge < -0.3 is 15.4 Å². The van der Waals surface area contributed by atoms with Crippen molar-refractivity contribution in [3.8, 4) is 5.75 Å². The van der Waals surface area contributed by atoms with Gasteiger partial charge in [-0.1, -0.05) is 13.8 Å². The lowest BCUT2D eigenvalue weighted by Crippen LogP contribution is -2.27. The molecule has 25 heavy (non-hydrogen) atoms. The fourth-order valence-electron chi connectivity index (χ4n) is 1.97. The molecule has 0 saturated heterocycles. The van der Waals surface area contributed by atoms with E-state index in [4.69, 9.17) is 4.74 Å². The number of nitrogens with one attached hydrogen (secondary N) is 2. The highest BCUT2D eigenvalue weighted by Crippen LogP contribution is 2.19. The van der Waals surface area contributed by atoms with Crippen LogP contribution in [0.2, 0.25) is 0 Å². The van der Waals surface area contributed by atoms with Crippen molar-refractivity contribution in [2.75, 3.05) is 19.0 Å². The minimum atomic E-state index is -0.984. The number of carbonyl (C=O) groups is 1. The smallest absolute Gasteiger partial charge is 0.273 e. The van der Waals surface area contributed by atoms with Crippen LogP contribution in [0, 0.1) is 17.8 Å². The summed E-state index contributed by atoms with van der Waals surface area (Å²) in [6, 6.07) is 1.97. The second-order valence-corrected chi connectivity index (χ2v) is 5.68. The predicted octanol–water partition coefficient (Wildman–Crippen LogP) is 2.68. The molecule has 0 radical (unpaired) electrons. The van der Waals surface area contributed by atoms with Crippen molar-refractivity contribution in [3.05, 3.63) is 35.9 Å². The number of pyridine rings is 1. The van der Waals surface area contributed by atoms with Crippen LogP contribution in [0.15, 0.2) is 18.3 Å². The normalized spacial score (nSPS) is 10.6. The Bertz CT molecular complexity index is 735. The lowest BCUT2D eigenvalue weighted by molar-refractivity contribution is 0.0943. The molecule has 2 N–H and O–H groups in total. The van der Waals surface area contributed by atoms with Gasteiger partial charge in [-0.25, -0.2) is 9.97 Å². The van der Waals surface area contributed by atoms with Gasteiger partial charge in [-0.15, -0.1) is 0 Å². The first kappa shape index (κ1) is 18.5. The van der Waals surface area contributed by atoms with Gasteiger partial charge in [0.05, 0.1) is 13.3 Å². The lowest BCUT2D eigenvalue weighted by atomic mass is 10.1. The third-order valence-electron chi connectivity index (χ3n) is 3.22. The number of nitrogens with zero attached hydrogens (tertiary/aromatic N) is 3. The molecular formula is C16H19F2N5O2. The Morgan fingerprint density at radius 2 is 1.92 bits per heavy atom. The molecule has 0 aliphatic rings. The number of ether oxygens (including phenoxy) is 1. The van der Waals surface area contributed by atoms with Crippen molar-refractivity contribution in [1.82, 2.24) is 20.3 Å². The molecular weight excluding hydrogens is 332 g/mol. The van der Waals surface area contributed by atoms with Gasteiger partial charge in [-0.3, -0.25) is 4.79 Å². The summed E-state index contributed by atoms with van der Waals surface area (Å²) in [5.74, 6) is -1.75. The Balaban J connectivity index is 2.19. The first-order chi connectivity index (χ1) is 11.9. The Morgan fingerprint density at radius 3 is 2.52 bits per heavy atom. The number of hydrogen-bond donors (Lipinski definition) is 2. The number of anilines is 2. The molecule has 2 heterocycles. The Kier molecular flexibility index (Phi) is 6.15. The fraction of sp³-hybridized carbons (Fsp3) is 0.375. The molecule has 0 spiro atoms. The molecule has 2 aromatic rings. The molecule has 2 aromatic heterocycles. The number of hydrogen-bond acceptors (Lipinski definition) is 6. The number of carbonyl (C=O) groups excluding carboxylic acids is 1. The molecule has 0 atom stereocenters. The molecule has 9 heteroatoms. The average molecular weight is 351 g/mol. The van der Waals surface area contributed by atoms with E-state index in [-0.39, 0.29) is 23.1 Å². The van der Waals surface area contributed by atoms with Crippen LogP contribution in [0.25, 0.3) is 0 Å². The molecule has 0 aromatic carbocycles. The van der Waals surface area contributed by atoms with Crippen LogP contribution in [-0.2, 0) is 0 Å². The van der Waals surface area contributed by atoms with Crippen molar-refractivity contribution >= 4 is 17.5 Å². The minimum Gasteiger partial charge on any atom is -0.493 e. The summed E-state index contributed by atoms with van der Waals surface area (Å²) in [5.41, 5.74) is 0.0973. The first-order valence-corrected chi connectivity index (χ1v) is 7.68. The summed E-state index contributed by atoms with van der Waals surface area (Å²) in [5, 5.41) is 5.38. The molecule has 0 saturated carbocycles. The van der Waals surface area contributed by atoms with Crippen LogP contribution in [0.1, 0.15) is 30.8 Å². The fourth-order valence-corrected chi connectivity index (χ4v) is 1.97. The number of methoxy groups -OCH3 is 1. The van der Waals surface area contributed by atoms with Gasteiger partial charge in [-0.05, 0) is 12.3 Å². The number of amides is 1. The van der Waals surface area contributed by atoms with E-state index >= 15 is 0 Å². The topological polar surface area (TPSA) is 89.0 Å². The van der Waals surface area contributed by atoms with Gasteiger partial charge in [0.1, 0.15) is 0 Å². The monoisotopic (exact) mass is 351 g/mol. The molecule has 1 amide bonds. The molecule has 0 bridgehead atoms. The van der Waals surface area contributed by atoms with Crippen molar-refractivity contribution in [1.29, 1.82) is 0 Å². The third-order valence-corrected chi connectivity index (χ3v) is 3.22. The number of halogens is 2. The van der Waals surface area contributed by atoms with E-state index in [1.165, 1.54) is 13.3 Å². The van der Waals surface area contributed by atoms with Crippen molar-refractivity contribution in [2.24, 2.45) is 5.92 Å². The first-order valence-electron chi connectivity index (χ1n) is 7.68. The van der Waals surface area contributed by atoms with Crippen LogP contribution in [0.4, 0.5) is 20.4 Å². The molecule has 0 aliphatic carbocycles. The van der Waals surface area contributed by atoms with Gasteiger partial charge in [0.2, 0.25) is 17.8 Å². The van der Waals surface area contributed by atoms with Gasteiger partial charge in [0.25, 0.3) is 5.91 Å². The zero-order chi connectivity index (χ0) is 18.4. The summed E-state index contributed by atoms with van der Waals surface area (Å²) in [4.78, 5) is 23.3. The van der Waals surface area contributed by atoms with Gasteiger partial charge in [0, 0.05) is 24.4 Å². The summed E-state index contributed by atoms with van der Waals surface area (Å²) >= 11 is 0. The van der Waals surface area contributed by atoms with Gasteiger partial charge in [-0.2, -0.15) is 13.8 Å². The van der Waals surface area contributed by atoms with Crippen molar-refractivity contribution < 1.29 is 18.3 Å². The van der Waals surface area contributed by atoms with Crippen LogP contribution in [-0.4, -0.2) is 34.5 Å². The summed E-state index contributed by atoms with van der Waals surface area (Å²) in [6.07, 6.45) is 2.13. The second-order valence-electron chi connectivity index (χ2n) is 5.68. The Labute approximate surface area is 143 Å². The van der Waals surface area contributed by atoms with Gasteiger partial charge in [0.15, 0.2) is 11.4 Å². The maximum Gasteiger partial charge on any atom is 0.273 e. The molecule has 7 nitrogen and oxygen atoms in total. The van der Waals surface area contributed by atoms with E-state index in [2.05, 4.69) is 25.6 Å². The summed E-state index contributed by atoms with van der Waals surface area (Å²) in [7, 11) is 1.39. The number of rotatable bonds is 7. The van der Waals surface area contributed by atoms with Crippen molar-refractivity contribution in [2.45, 2.75) is 20.3 Å². The molecule has 2 rings (SSSR count). The van der Waals surface area contributed by atoms with Crippen LogP contribution < -0.4 is 15.4 Å². The minimum absolute atomic E-state index is 0.000176. The molecule has 134 valence electrons. The Morgan fingerprint density at radius 1 is 1.24 bits per heavy atom. The maximum atomic E-state index is 13.1. The van der Waals surface area contributed by atoms with Crippen LogP contribution >= 0.6 is 0 Å². The van der Waals surface area contributed by atoms with E-state index in [0.29, 0.717) is 12.5 Å². The Hall–Kier alpha value is -2.84. The molecule has 0 unspecified atom stereocenters. The van der Waals surface area contributed by atoms with E-state index in [0.717, 1.165) is 18.6 Å². The van der Waals surface area contributed by atoms with Crippen LogP contribution in [0.5, 0.6) is 5.75 Å². The van der Waals surface area contributed by atoms with Crippen LogP contribution in [0.3, 0.4) is 0 Å².